The predicted molar refractivity (Wildman–Crippen MR) is 110 cm³/mol. The fraction of sp³-hybridized carbons (Fsp3) is 0.0588. The Kier molecular flexibility index (Phi) is 6.68. The molecule has 0 bridgehead atoms. The number of thioether (sulfide) groups is 1. The van der Waals surface area contributed by atoms with E-state index in [-0.39, 0.29) is 17.6 Å². The molecule has 1 aromatic carbocycles. The summed E-state index contributed by atoms with van der Waals surface area (Å²) in [5, 5.41) is 16.5. The Morgan fingerprint density at radius 3 is 2.56 bits per heavy atom. The van der Waals surface area contributed by atoms with Crippen LogP contribution in [0.4, 0.5) is 11.5 Å². The second kappa shape index (κ2) is 9.18. The molecule has 2 heterocycles. The average molecular weight is 439 g/mol. The van der Waals surface area contributed by atoms with Crippen molar-refractivity contribution < 1.29 is 9.59 Å². The molecular formula is C17H12Cl2N4O2S2. The fourth-order valence-corrected chi connectivity index (χ4v) is 3.49. The first-order chi connectivity index (χ1) is 13.0. The van der Waals surface area contributed by atoms with Crippen molar-refractivity contribution in [2.75, 3.05) is 16.4 Å². The molecule has 138 valence electrons. The molecule has 0 unspecified atom stereocenters. The standard InChI is InChI=1S/C17H12Cl2N4O2S2/c18-11-4-3-10(8-12(11)19)20-15(24)9-27-16-6-5-14(22-23-16)21-17(25)13-2-1-7-26-13/h1-8H,9H2,(H,20,24)(H,21,22,25). The summed E-state index contributed by atoms with van der Waals surface area (Å²) in [7, 11) is 0. The lowest BCUT2D eigenvalue weighted by Gasteiger charge is -2.06. The van der Waals surface area contributed by atoms with Gasteiger partial charge in [0.15, 0.2) is 5.82 Å². The zero-order valence-corrected chi connectivity index (χ0v) is 16.8. The number of hydrogen-bond donors (Lipinski definition) is 2. The maximum absolute atomic E-state index is 12.0. The number of nitrogens with one attached hydrogen (secondary N) is 2. The molecule has 2 amide bonds. The van der Waals surface area contributed by atoms with Crippen molar-refractivity contribution in [2.24, 2.45) is 0 Å². The van der Waals surface area contributed by atoms with E-state index in [4.69, 9.17) is 23.2 Å². The largest absolute Gasteiger partial charge is 0.325 e. The van der Waals surface area contributed by atoms with Gasteiger partial charge in [-0.25, -0.2) is 0 Å². The van der Waals surface area contributed by atoms with Crippen LogP contribution < -0.4 is 10.6 Å². The molecular weight excluding hydrogens is 427 g/mol. The highest BCUT2D eigenvalue weighted by Crippen LogP contribution is 2.25. The minimum absolute atomic E-state index is 0.149. The van der Waals surface area contributed by atoms with E-state index in [2.05, 4.69) is 20.8 Å². The fourth-order valence-electron chi connectivity index (χ4n) is 1.96. The van der Waals surface area contributed by atoms with Crippen LogP contribution in [0.5, 0.6) is 0 Å². The number of halogens is 2. The lowest BCUT2D eigenvalue weighted by molar-refractivity contribution is -0.113. The first kappa shape index (κ1) is 19.6. The first-order valence-corrected chi connectivity index (χ1v) is 10.2. The predicted octanol–water partition coefficient (Wildman–Crippen LogP) is 4.83. The van der Waals surface area contributed by atoms with Gasteiger partial charge in [-0.1, -0.05) is 41.0 Å². The van der Waals surface area contributed by atoms with Crippen LogP contribution in [0.3, 0.4) is 0 Å². The SMILES string of the molecule is O=C(CSc1ccc(NC(=O)c2cccs2)nn1)Nc1ccc(Cl)c(Cl)c1. The second-order valence-corrected chi connectivity index (χ2v) is 7.91. The van der Waals surface area contributed by atoms with Crippen LogP contribution in [0.15, 0.2) is 52.9 Å². The third-order valence-electron chi connectivity index (χ3n) is 3.18. The van der Waals surface area contributed by atoms with Crippen LogP contribution in [0, 0.1) is 0 Å². The number of hydrogen-bond acceptors (Lipinski definition) is 6. The van der Waals surface area contributed by atoms with E-state index in [9.17, 15) is 9.59 Å². The molecule has 0 saturated carbocycles. The van der Waals surface area contributed by atoms with E-state index in [0.29, 0.717) is 31.5 Å². The van der Waals surface area contributed by atoms with Gasteiger partial charge in [-0.3, -0.25) is 9.59 Å². The molecule has 0 saturated heterocycles. The minimum Gasteiger partial charge on any atom is -0.325 e. The number of nitrogens with zero attached hydrogens (tertiary/aromatic N) is 2. The Morgan fingerprint density at radius 2 is 1.89 bits per heavy atom. The monoisotopic (exact) mass is 438 g/mol. The number of anilines is 2. The van der Waals surface area contributed by atoms with Crippen molar-refractivity contribution in [3.05, 3.63) is 62.8 Å². The molecule has 2 N–H and O–H groups in total. The Balaban J connectivity index is 1.50. The molecule has 2 aromatic heterocycles. The van der Waals surface area contributed by atoms with Crippen LogP contribution in [-0.2, 0) is 4.79 Å². The van der Waals surface area contributed by atoms with Gasteiger partial charge >= 0.3 is 0 Å². The number of aromatic nitrogens is 2. The number of carbonyl (C=O) groups is 2. The molecule has 0 aliphatic rings. The molecule has 0 aliphatic carbocycles. The smallest absolute Gasteiger partial charge is 0.266 e. The van der Waals surface area contributed by atoms with Crippen molar-refractivity contribution in [1.29, 1.82) is 0 Å². The Labute approximate surface area is 173 Å². The van der Waals surface area contributed by atoms with Gasteiger partial charge in [-0.15, -0.1) is 21.5 Å². The van der Waals surface area contributed by atoms with Gasteiger partial charge in [-0.05, 0) is 41.8 Å². The van der Waals surface area contributed by atoms with Crippen LogP contribution >= 0.6 is 46.3 Å². The van der Waals surface area contributed by atoms with Gasteiger partial charge in [-0.2, -0.15) is 0 Å². The number of benzene rings is 1. The third kappa shape index (κ3) is 5.67. The molecule has 0 radical (unpaired) electrons. The van der Waals surface area contributed by atoms with Crippen molar-refractivity contribution in [2.45, 2.75) is 5.03 Å². The van der Waals surface area contributed by atoms with E-state index >= 15 is 0 Å². The Bertz CT molecular complexity index is 950. The molecule has 3 rings (SSSR count). The summed E-state index contributed by atoms with van der Waals surface area (Å²) >= 11 is 14.3. The molecule has 6 nitrogen and oxygen atoms in total. The molecule has 0 atom stereocenters. The number of amides is 2. The van der Waals surface area contributed by atoms with Crippen molar-refractivity contribution >= 4 is 69.6 Å². The average Bonchev–Trinajstić information content (AvgIpc) is 3.19. The summed E-state index contributed by atoms with van der Waals surface area (Å²) in [6.45, 7) is 0. The zero-order valence-electron chi connectivity index (χ0n) is 13.6. The second-order valence-electron chi connectivity index (χ2n) is 5.15. The van der Waals surface area contributed by atoms with Gasteiger partial charge in [0.25, 0.3) is 5.91 Å². The lowest BCUT2D eigenvalue weighted by Crippen LogP contribution is -2.14. The van der Waals surface area contributed by atoms with Crippen LogP contribution in [-0.4, -0.2) is 27.8 Å². The van der Waals surface area contributed by atoms with Gasteiger partial charge in [0.05, 0.1) is 20.7 Å². The lowest BCUT2D eigenvalue weighted by atomic mass is 10.3. The van der Waals surface area contributed by atoms with E-state index in [0.717, 1.165) is 0 Å². The summed E-state index contributed by atoms with van der Waals surface area (Å²) in [6, 6.07) is 11.7. The Hall–Kier alpha value is -2.13. The summed E-state index contributed by atoms with van der Waals surface area (Å²) < 4.78 is 0. The molecule has 10 heteroatoms. The van der Waals surface area contributed by atoms with E-state index in [1.165, 1.54) is 23.1 Å². The molecule has 3 aromatic rings. The van der Waals surface area contributed by atoms with Crippen molar-refractivity contribution in [3.8, 4) is 0 Å². The number of carbonyl (C=O) groups excluding carboxylic acids is 2. The summed E-state index contributed by atoms with van der Waals surface area (Å²) in [5.41, 5.74) is 0.563. The quantitative estimate of drug-likeness (QED) is 0.538. The van der Waals surface area contributed by atoms with Crippen molar-refractivity contribution in [1.82, 2.24) is 10.2 Å². The van der Waals surface area contributed by atoms with Gasteiger partial charge in [0.2, 0.25) is 5.91 Å². The molecule has 0 aliphatic heterocycles. The Morgan fingerprint density at radius 1 is 1.04 bits per heavy atom. The zero-order chi connectivity index (χ0) is 19.2. The van der Waals surface area contributed by atoms with Gasteiger partial charge in [0.1, 0.15) is 5.03 Å². The van der Waals surface area contributed by atoms with Gasteiger partial charge < -0.3 is 10.6 Å². The highest BCUT2D eigenvalue weighted by molar-refractivity contribution is 7.99. The summed E-state index contributed by atoms with van der Waals surface area (Å²) in [4.78, 5) is 24.6. The first-order valence-electron chi connectivity index (χ1n) is 7.57. The summed E-state index contributed by atoms with van der Waals surface area (Å²) in [5.74, 6) is 0.0458. The maximum Gasteiger partial charge on any atom is 0.266 e. The van der Waals surface area contributed by atoms with Crippen LogP contribution in [0.2, 0.25) is 10.0 Å². The number of thiophene rings is 1. The van der Waals surface area contributed by atoms with E-state index < -0.39 is 0 Å². The van der Waals surface area contributed by atoms with E-state index in [1.807, 2.05) is 5.38 Å². The molecule has 27 heavy (non-hydrogen) atoms. The maximum atomic E-state index is 12.0. The highest BCUT2D eigenvalue weighted by Gasteiger charge is 2.09. The molecule has 0 fully saturated rings. The van der Waals surface area contributed by atoms with E-state index in [1.54, 1.807) is 42.5 Å². The van der Waals surface area contributed by atoms with Crippen LogP contribution in [0.1, 0.15) is 9.67 Å². The van der Waals surface area contributed by atoms with Gasteiger partial charge in [0, 0.05) is 5.69 Å². The van der Waals surface area contributed by atoms with Crippen LogP contribution in [0.25, 0.3) is 0 Å². The minimum atomic E-state index is -0.235. The summed E-state index contributed by atoms with van der Waals surface area (Å²) in [6.07, 6.45) is 0. The highest BCUT2D eigenvalue weighted by atomic mass is 35.5. The van der Waals surface area contributed by atoms with Crippen molar-refractivity contribution in [3.63, 3.8) is 0 Å². The normalized spacial score (nSPS) is 10.4. The molecule has 0 spiro atoms. The third-order valence-corrected chi connectivity index (χ3v) is 5.71. The number of rotatable bonds is 6. The topological polar surface area (TPSA) is 84.0 Å².